The monoisotopic (exact) mass is 327 g/mol. The Morgan fingerprint density at radius 2 is 2.00 bits per heavy atom. The highest BCUT2D eigenvalue weighted by molar-refractivity contribution is 9.10. The van der Waals surface area contributed by atoms with Gasteiger partial charge >= 0.3 is 5.97 Å². The predicted octanol–water partition coefficient (Wildman–Crippen LogP) is 2.78. The van der Waals surface area contributed by atoms with Gasteiger partial charge in [0.2, 0.25) is 0 Å². The van der Waals surface area contributed by atoms with Crippen LogP contribution < -0.4 is 0 Å². The maximum absolute atomic E-state index is 12.4. The van der Waals surface area contributed by atoms with E-state index in [1.165, 1.54) is 12.0 Å². The summed E-state index contributed by atoms with van der Waals surface area (Å²) in [7, 11) is 1.32. The molecule has 0 atom stereocenters. The molecule has 0 aliphatic rings. The number of esters is 1. The van der Waals surface area contributed by atoms with E-state index in [4.69, 9.17) is 0 Å². The van der Waals surface area contributed by atoms with E-state index >= 15 is 0 Å². The molecule has 19 heavy (non-hydrogen) atoms. The van der Waals surface area contributed by atoms with Crippen LogP contribution in [0.2, 0.25) is 0 Å². The Hall–Kier alpha value is -1.36. The molecular weight excluding hydrogens is 310 g/mol. The van der Waals surface area contributed by atoms with Crippen LogP contribution in [0.5, 0.6) is 0 Å². The molecule has 0 fully saturated rings. The predicted molar refractivity (Wildman–Crippen MR) is 77.1 cm³/mol. The standard InChI is InChI=1S/C14H18BrNO3/c1-4-5-16(9-13(17)19-3)14(18)11-6-10(2)7-12(15)8-11/h6-8H,4-5,9H2,1-3H3. The molecule has 1 aromatic carbocycles. The topological polar surface area (TPSA) is 46.6 Å². The SMILES string of the molecule is CCCN(CC(=O)OC)C(=O)c1cc(C)cc(Br)c1. The summed E-state index contributed by atoms with van der Waals surface area (Å²) in [4.78, 5) is 25.2. The van der Waals surface area contributed by atoms with Crippen LogP contribution >= 0.6 is 15.9 Å². The van der Waals surface area contributed by atoms with Crippen LogP contribution in [0.25, 0.3) is 0 Å². The average molecular weight is 328 g/mol. The van der Waals surface area contributed by atoms with Crippen molar-refractivity contribution in [2.75, 3.05) is 20.2 Å². The highest BCUT2D eigenvalue weighted by atomic mass is 79.9. The van der Waals surface area contributed by atoms with Crippen molar-refractivity contribution in [3.63, 3.8) is 0 Å². The van der Waals surface area contributed by atoms with Crippen molar-refractivity contribution in [3.05, 3.63) is 33.8 Å². The smallest absolute Gasteiger partial charge is 0.325 e. The molecule has 0 saturated carbocycles. The summed E-state index contributed by atoms with van der Waals surface area (Å²) >= 11 is 3.37. The maximum atomic E-state index is 12.4. The van der Waals surface area contributed by atoms with E-state index in [0.717, 1.165) is 16.5 Å². The molecule has 0 aliphatic carbocycles. The summed E-state index contributed by atoms with van der Waals surface area (Å²) in [6.45, 7) is 4.39. The van der Waals surface area contributed by atoms with Crippen LogP contribution in [0, 0.1) is 6.92 Å². The van der Waals surface area contributed by atoms with Gasteiger partial charge in [-0.15, -0.1) is 0 Å². The van der Waals surface area contributed by atoms with E-state index in [2.05, 4.69) is 20.7 Å². The number of nitrogens with zero attached hydrogens (tertiary/aromatic N) is 1. The van der Waals surface area contributed by atoms with Gasteiger partial charge < -0.3 is 9.64 Å². The third-order valence-electron chi connectivity index (χ3n) is 2.62. The maximum Gasteiger partial charge on any atom is 0.325 e. The van der Waals surface area contributed by atoms with E-state index in [-0.39, 0.29) is 12.5 Å². The van der Waals surface area contributed by atoms with Crippen LogP contribution in [-0.2, 0) is 9.53 Å². The third-order valence-corrected chi connectivity index (χ3v) is 3.08. The summed E-state index contributed by atoms with van der Waals surface area (Å²) < 4.78 is 5.47. The Morgan fingerprint density at radius 3 is 2.53 bits per heavy atom. The molecule has 0 unspecified atom stereocenters. The Balaban J connectivity index is 2.94. The van der Waals surface area contributed by atoms with Gasteiger partial charge in [0, 0.05) is 16.6 Å². The lowest BCUT2D eigenvalue weighted by atomic mass is 10.1. The number of ether oxygens (including phenoxy) is 1. The highest BCUT2D eigenvalue weighted by Crippen LogP contribution is 2.17. The number of methoxy groups -OCH3 is 1. The van der Waals surface area contributed by atoms with Crippen LogP contribution in [0.4, 0.5) is 0 Å². The first-order valence-corrected chi connectivity index (χ1v) is 6.90. The van der Waals surface area contributed by atoms with Gasteiger partial charge in [-0.2, -0.15) is 0 Å². The Labute approximate surface area is 121 Å². The third kappa shape index (κ3) is 4.67. The number of hydrogen-bond donors (Lipinski definition) is 0. The molecule has 1 amide bonds. The number of benzene rings is 1. The lowest BCUT2D eigenvalue weighted by Crippen LogP contribution is -2.36. The van der Waals surface area contributed by atoms with Crippen molar-refractivity contribution in [1.29, 1.82) is 0 Å². The number of aryl methyl sites for hydroxylation is 1. The van der Waals surface area contributed by atoms with E-state index in [0.29, 0.717) is 12.1 Å². The Kier molecular flexibility index (Phi) is 6.02. The fourth-order valence-electron chi connectivity index (χ4n) is 1.79. The van der Waals surface area contributed by atoms with Crippen molar-refractivity contribution in [1.82, 2.24) is 4.90 Å². The van der Waals surface area contributed by atoms with Gasteiger partial charge in [0.05, 0.1) is 7.11 Å². The van der Waals surface area contributed by atoms with Gasteiger partial charge in [-0.3, -0.25) is 9.59 Å². The largest absolute Gasteiger partial charge is 0.468 e. The van der Waals surface area contributed by atoms with Crippen LogP contribution in [0.1, 0.15) is 29.3 Å². The van der Waals surface area contributed by atoms with Gasteiger partial charge in [-0.1, -0.05) is 22.9 Å². The molecule has 0 radical (unpaired) electrons. The second-order valence-electron chi connectivity index (χ2n) is 4.32. The molecule has 4 nitrogen and oxygen atoms in total. The van der Waals surface area contributed by atoms with Crippen LogP contribution in [0.15, 0.2) is 22.7 Å². The minimum Gasteiger partial charge on any atom is -0.468 e. The fraction of sp³-hybridized carbons (Fsp3) is 0.429. The first-order valence-electron chi connectivity index (χ1n) is 6.11. The minimum absolute atomic E-state index is 0.0191. The second kappa shape index (κ2) is 7.28. The lowest BCUT2D eigenvalue weighted by Gasteiger charge is -2.21. The molecule has 0 heterocycles. The van der Waals surface area contributed by atoms with Gasteiger partial charge in [-0.25, -0.2) is 0 Å². The number of carbonyl (C=O) groups excluding carboxylic acids is 2. The quantitative estimate of drug-likeness (QED) is 0.781. The normalized spacial score (nSPS) is 10.1. The Bertz CT molecular complexity index is 454. The average Bonchev–Trinajstić information content (AvgIpc) is 2.36. The number of hydrogen-bond acceptors (Lipinski definition) is 3. The van der Waals surface area contributed by atoms with E-state index in [9.17, 15) is 9.59 Å². The highest BCUT2D eigenvalue weighted by Gasteiger charge is 2.18. The summed E-state index contributed by atoms with van der Waals surface area (Å²) in [6.07, 6.45) is 0.787. The molecule has 0 aromatic heterocycles. The molecule has 5 heteroatoms. The van der Waals surface area contributed by atoms with Gasteiger partial charge in [-0.05, 0) is 37.1 Å². The van der Waals surface area contributed by atoms with Crippen LogP contribution in [-0.4, -0.2) is 37.0 Å². The van der Waals surface area contributed by atoms with Crippen molar-refractivity contribution in [2.24, 2.45) is 0 Å². The van der Waals surface area contributed by atoms with E-state index < -0.39 is 5.97 Å². The summed E-state index contributed by atoms with van der Waals surface area (Å²) in [5.41, 5.74) is 1.57. The molecule has 0 N–H and O–H groups in total. The van der Waals surface area contributed by atoms with Gasteiger partial charge in [0.25, 0.3) is 5.91 Å². The molecule has 0 aliphatic heterocycles. The molecular formula is C14H18BrNO3. The summed E-state index contributed by atoms with van der Waals surface area (Å²) in [5.74, 6) is -0.565. The zero-order valence-electron chi connectivity index (χ0n) is 11.4. The molecule has 0 saturated heterocycles. The zero-order valence-corrected chi connectivity index (χ0v) is 13.0. The van der Waals surface area contributed by atoms with Gasteiger partial charge in [0.15, 0.2) is 0 Å². The lowest BCUT2D eigenvalue weighted by molar-refractivity contribution is -0.141. The van der Waals surface area contributed by atoms with Crippen molar-refractivity contribution in [2.45, 2.75) is 20.3 Å². The van der Waals surface area contributed by atoms with Gasteiger partial charge in [0.1, 0.15) is 6.54 Å². The zero-order chi connectivity index (χ0) is 14.4. The van der Waals surface area contributed by atoms with Crippen molar-refractivity contribution >= 4 is 27.8 Å². The number of rotatable bonds is 5. The fourth-order valence-corrected chi connectivity index (χ4v) is 2.39. The second-order valence-corrected chi connectivity index (χ2v) is 5.24. The van der Waals surface area contributed by atoms with Crippen molar-refractivity contribution < 1.29 is 14.3 Å². The molecule has 0 bridgehead atoms. The minimum atomic E-state index is -0.409. The summed E-state index contributed by atoms with van der Waals surface area (Å²) in [5, 5.41) is 0. The summed E-state index contributed by atoms with van der Waals surface area (Å²) in [6, 6.07) is 5.50. The molecule has 1 aromatic rings. The van der Waals surface area contributed by atoms with Crippen molar-refractivity contribution in [3.8, 4) is 0 Å². The van der Waals surface area contributed by atoms with Crippen LogP contribution in [0.3, 0.4) is 0 Å². The number of carbonyl (C=O) groups is 2. The number of amides is 1. The first kappa shape index (κ1) is 15.7. The van der Waals surface area contributed by atoms with E-state index in [1.807, 2.05) is 26.0 Å². The van der Waals surface area contributed by atoms with E-state index in [1.54, 1.807) is 6.07 Å². The molecule has 1 rings (SSSR count). The Morgan fingerprint density at radius 1 is 1.32 bits per heavy atom. The first-order chi connectivity index (χ1) is 8.97. The number of halogens is 1. The molecule has 0 spiro atoms. The molecule has 104 valence electrons.